The summed E-state index contributed by atoms with van der Waals surface area (Å²) in [6.45, 7) is 20.0. The van der Waals surface area contributed by atoms with Crippen molar-refractivity contribution in [3.63, 3.8) is 0 Å². The number of benzene rings is 4. The maximum Gasteiger partial charge on any atom is 2.00 e. The normalized spacial score (nSPS) is 9.75. The summed E-state index contributed by atoms with van der Waals surface area (Å²) < 4.78 is 31.1. The van der Waals surface area contributed by atoms with Gasteiger partial charge < -0.3 is 110 Å². The fraction of sp³-hybridized carbons (Fsp3) is 0.429. The van der Waals surface area contributed by atoms with Crippen LogP contribution >= 0.6 is 0 Å². The van der Waals surface area contributed by atoms with Crippen LogP contribution in [0.25, 0.3) is 32.8 Å². The molecule has 0 saturated carbocycles. The molecule has 6 rings (SSSR count). The molecule has 0 bridgehead atoms. The molecule has 0 radical (unpaired) electrons. The van der Waals surface area contributed by atoms with Crippen LogP contribution in [-0.2, 0) is 91.0 Å². The predicted octanol–water partition coefficient (Wildman–Crippen LogP) is -4.00. The second kappa shape index (κ2) is 34.2. The topological polar surface area (TPSA) is 54.5 Å². The average Bonchev–Trinajstić information content (AvgIpc) is 3.67. The van der Waals surface area contributed by atoms with Gasteiger partial charge in [0.05, 0.1) is 13.1 Å². The van der Waals surface area contributed by atoms with Crippen molar-refractivity contribution in [2.45, 2.75) is 80.6 Å². The molecule has 300 valence electrons. The molecule has 0 unspecified atom stereocenters. The van der Waals surface area contributed by atoms with Crippen molar-refractivity contribution in [3.8, 4) is 11.5 Å². The summed E-state index contributed by atoms with van der Waals surface area (Å²) in [6, 6.07) is 29.4. The molecule has 0 atom stereocenters. The van der Waals surface area contributed by atoms with Crippen molar-refractivity contribution in [2.24, 2.45) is 0 Å². The summed E-state index contributed by atoms with van der Waals surface area (Å²) in [5.74, 6) is 1.53. The third-order valence-electron chi connectivity index (χ3n) is 8.08. The van der Waals surface area contributed by atoms with E-state index in [9.17, 15) is 0 Å². The number of halogens is 4. The summed E-state index contributed by atoms with van der Waals surface area (Å²) in [7, 11) is 0. The van der Waals surface area contributed by atoms with Crippen LogP contribution in [0.4, 0.5) is 0 Å². The molecule has 8 nitrogen and oxygen atoms in total. The zero-order valence-corrected chi connectivity index (χ0v) is 50.7. The molecule has 0 aliphatic rings. The van der Waals surface area contributed by atoms with Crippen molar-refractivity contribution < 1.29 is 156 Å². The standard InChI is InChI=1S/C34H36N4O2.2C4H10O.2ClH.2Hg.2HI/c1-3-17-35-25-37(31-15-9-7-13-29(31)35)19-21-39-33-23-27-11-5-6-12-28(27)24-34(33)40-22-20-38-26-36(18-4-2)30-14-8-10-16-32(30)38;2*1-3-5-4-2;;;;;;/h5-16,23-24H,3-4,17-22H2,1-2H3;2*3-4H2,1-2H3;2*1H;;;2*1H/q;;;;;2*+2;;/p-4. The Morgan fingerprint density at radius 1 is 0.518 bits per heavy atom. The van der Waals surface area contributed by atoms with Crippen LogP contribution in [0.1, 0.15) is 54.4 Å². The molecule has 0 saturated heterocycles. The first kappa shape index (κ1) is 59.8. The third-order valence-corrected chi connectivity index (χ3v) is 8.08. The number of para-hydroxylation sites is 4. The van der Waals surface area contributed by atoms with Crippen LogP contribution in [0, 0.1) is 12.7 Å². The SMILES string of the molecule is CCCn1[c-][n+](CCOc2cc3ccccc3cc2OCC[n+]2[c-]n(CCC)c3ccccc32)c2ccccc21.CCOCC.CCOCC.[Cl-].[Cl-].[Hg+2].[Hg+2].[I-].[I-]. The number of imidazole rings is 2. The van der Waals surface area contributed by atoms with Gasteiger partial charge in [-0.2, -0.15) is 0 Å². The maximum atomic E-state index is 6.38. The second-order valence-corrected chi connectivity index (χ2v) is 11.7. The van der Waals surface area contributed by atoms with Crippen LogP contribution in [-0.4, -0.2) is 48.8 Å². The van der Waals surface area contributed by atoms with Gasteiger partial charge in [0, 0.05) is 48.5 Å². The average molecular weight is 1410 g/mol. The Kier molecular flexibility index (Phi) is 36.6. The molecule has 0 fully saturated rings. The first-order chi connectivity index (χ1) is 24.6. The maximum absolute atomic E-state index is 6.38. The van der Waals surface area contributed by atoms with E-state index in [1.165, 1.54) is 22.1 Å². The minimum Gasteiger partial charge on any atom is -1.00 e. The van der Waals surface area contributed by atoms with Crippen molar-refractivity contribution in [2.75, 3.05) is 39.6 Å². The molecule has 2 aromatic heterocycles. The summed E-state index contributed by atoms with van der Waals surface area (Å²) >= 11 is 0. The van der Waals surface area contributed by atoms with E-state index in [0.717, 1.165) is 74.6 Å². The number of aromatic nitrogens is 4. The number of hydrogen-bond acceptors (Lipinski definition) is 4. The Labute approximate surface area is 422 Å². The number of aryl methyl sites for hydroxylation is 2. The smallest absolute Gasteiger partial charge is 1.00 e. The number of ether oxygens (including phenoxy) is 4. The Morgan fingerprint density at radius 3 is 1.18 bits per heavy atom. The Bertz CT molecular complexity index is 1760. The van der Waals surface area contributed by atoms with Crippen LogP contribution in [0.3, 0.4) is 0 Å². The van der Waals surface area contributed by atoms with Gasteiger partial charge in [0.2, 0.25) is 12.7 Å². The van der Waals surface area contributed by atoms with E-state index in [1.54, 1.807) is 0 Å². The molecule has 0 N–H and O–H groups in total. The van der Waals surface area contributed by atoms with Gasteiger partial charge in [-0.05, 0) is 63.4 Å². The van der Waals surface area contributed by atoms with Gasteiger partial charge in [-0.25, -0.2) is 0 Å². The van der Waals surface area contributed by atoms with Gasteiger partial charge in [-0.3, -0.25) is 0 Å². The van der Waals surface area contributed by atoms with Gasteiger partial charge in [-0.1, -0.05) is 86.6 Å². The number of hydrogen-bond donors (Lipinski definition) is 0. The summed E-state index contributed by atoms with van der Waals surface area (Å²) in [4.78, 5) is 0. The van der Waals surface area contributed by atoms with Crippen molar-refractivity contribution in [1.82, 2.24) is 9.13 Å². The first-order valence-electron chi connectivity index (χ1n) is 18.3. The zero-order chi connectivity index (χ0) is 35.6. The van der Waals surface area contributed by atoms with Crippen LogP contribution in [0.15, 0.2) is 84.9 Å². The number of fused-ring (bicyclic) bond motifs is 3. The Balaban J connectivity index is -0.00000157. The van der Waals surface area contributed by atoms with Gasteiger partial charge in [0.25, 0.3) is 0 Å². The van der Waals surface area contributed by atoms with Gasteiger partial charge in [0.15, 0.2) is 11.5 Å². The van der Waals surface area contributed by atoms with E-state index in [2.05, 4.69) is 130 Å². The molecule has 0 spiro atoms. The quantitative estimate of drug-likeness (QED) is 0.0430. The predicted molar refractivity (Wildman–Crippen MR) is 202 cm³/mol. The molecule has 14 heteroatoms. The third kappa shape index (κ3) is 18.0. The molecular formula is C42H56Cl2Hg2I2N4O4. The van der Waals surface area contributed by atoms with Gasteiger partial charge in [-0.15, -0.1) is 0 Å². The fourth-order valence-electron chi connectivity index (χ4n) is 5.80. The molecule has 0 aliphatic carbocycles. The van der Waals surface area contributed by atoms with Crippen molar-refractivity contribution in [1.29, 1.82) is 0 Å². The van der Waals surface area contributed by atoms with E-state index in [0.29, 0.717) is 26.3 Å². The molecule has 2 heterocycles. The van der Waals surface area contributed by atoms with Crippen LogP contribution in [0.2, 0.25) is 0 Å². The van der Waals surface area contributed by atoms with Gasteiger partial charge in [0.1, 0.15) is 26.3 Å². The van der Waals surface area contributed by atoms with Crippen LogP contribution in [0.5, 0.6) is 11.5 Å². The summed E-state index contributed by atoms with van der Waals surface area (Å²) in [5, 5.41) is 2.27. The van der Waals surface area contributed by atoms with E-state index in [1.807, 2.05) is 27.7 Å². The minimum absolute atomic E-state index is 0. The van der Waals surface area contributed by atoms with E-state index < -0.39 is 0 Å². The largest absolute Gasteiger partial charge is 2.00 e. The zero-order valence-electron chi connectivity index (χ0n) is 33.9. The fourth-order valence-corrected chi connectivity index (χ4v) is 5.80. The second-order valence-electron chi connectivity index (χ2n) is 11.7. The van der Waals surface area contributed by atoms with E-state index >= 15 is 0 Å². The monoisotopic (exact) mass is 1410 g/mol. The molecular weight excluding hydrogens is 1350 g/mol. The molecule has 0 amide bonds. The molecule has 56 heavy (non-hydrogen) atoms. The Morgan fingerprint density at radius 2 is 0.857 bits per heavy atom. The Hall–Kier alpha value is -0.490. The van der Waals surface area contributed by atoms with E-state index in [-0.39, 0.29) is 128 Å². The summed E-state index contributed by atoms with van der Waals surface area (Å²) in [5.41, 5.74) is 4.75. The van der Waals surface area contributed by atoms with Crippen molar-refractivity contribution in [3.05, 3.63) is 97.6 Å². The number of rotatable bonds is 16. The molecule has 0 aliphatic heterocycles. The first-order valence-corrected chi connectivity index (χ1v) is 18.3. The molecule has 6 aromatic rings. The molecule has 4 aromatic carbocycles. The minimum atomic E-state index is 0. The number of nitrogens with zero attached hydrogens (tertiary/aromatic N) is 4. The summed E-state index contributed by atoms with van der Waals surface area (Å²) in [6.07, 6.45) is 9.16. The van der Waals surface area contributed by atoms with Crippen molar-refractivity contribution >= 4 is 32.8 Å². The van der Waals surface area contributed by atoms with E-state index in [4.69, 9.17) is 18.9 Å². The van der Waals surface area contributed by atoms with Crippen LogP contribution < -0.4 is 91.4 Å². The van der Waals surface area contributed by atoms with Gasteiger partial charge >= 0.3 is 55.3 Å².